The Bertz CT molecular complexity index is 610. The molecule has 3 nitrogen and oxygen atoms in total. The molecule has 0 fully saturated rings. The number of ether oxygens (including phenoxy) is 1. The van der Waals surface area contributed by atoms with Crippen molar-refractivity contribution in [3.63, 3.8) is 0 Å². The third-order valence-corrected chi connectivity index (χ3v) is 3.79. The van der Waals surface area contributed by atoms with Crippen molar-refractivity contribution < 1.29 is 4.74 Å². The van der Waals surface area contributed by atoms with Crippen LogP contribution in [-0.2, 0) is 6.42 Å². The smallest absolute Gasteiger partial charge is 0.127 e. The predicted octanol–water partition coefficient (Wildman–Crippen LogP) is 3.02. The highest BCUT2D eigenvalue weighted by molar-refractivity contribution is 5.48. The molecule has 0 saturated carbocycles. The van der Waals surface area contributed by atoms with Gasteiger partial charge in [-0.25, -0.2) is 0 Å². The van der Waals surface area contributed by atoms with Gasteiger partial charge in [-0.2, -0.15) is 0 Å². The van der Waals surface area contributed by atoms with Gasteiger partial charge in [0.15, 0.2) is 0 Å². The summed E-state index contributed by atoms with van der Waals surface area (Å²) in [5, 5.41) is 3.54. The van der Waals surface area contributed by atoms with Gasteiger partial charge in [-0.15, -0.1) is 0 Å². The maximum atomic E-state index is 5.85. The number of nitrogens with zero attached hydrogens (tertiary/aromatic N) is 1. The fraction of sp³-hybridized carbons (Fsp3) is 0.353. The molecule has 3 heteroatoms. The largest absolute Gasteiger partial charge is 0.493 e. The van der Waals surface area contributed by atoms with Crippen molar-refractivity contribution in [2.45, 2.75) is 26.3 Å². The van der Waals surface area contributed by atoms with E-state index in [2.05, 4.69) is 48.4 Å². The number of fused-ring (bicyclic) bond motifs is 1. The molecule has 0 saturated heterocycles. The minimum atomic E-state index is 0.0919. The van der Waals surface area contributed by atoms with Gasteiger partial charge in [-0.3, -0.25) is 4.98 Å². The van der Waals surface area contributed by atoms with E-state index in [9.17, 15) is 0 Å². The Morgan fingerprint density at radius 2 is 2.20 bits per heavy atom. The van der Waals surface area contributed by atoms with Gasteiger partial charge < -0.3 is 10.1 Å². The van der Waals surface area contributed by atoms with Gasteiger partial charge in [0.05, 0.1) is 18.3 Å². The zero-order chi connectivity index (χ0) is 13.9. The first-order chi connectivity index (χ1) is 9.81. The van der Waals surface area contributed by atoms with Crippen LogP contribution >= 0.6 is 0 Å². The number of hydrogen-bond acceptors (Lipinski definition) is 3. The van der Waals surface area contributed by atoms with Crippen LogP contribution in [0.4, 0.5) is 0 Å². The van der Waals surface area contributed by atoms with Crippen molar-refractivity contribution in [3.05, 3.63) is 58.9 Å². The Balaban J connectivity index is 2.08. The van der Waals surface area contributed by atoms with Crippen LogP contribution in [0.2, 0.25) is 0 Å². The van der Waals surface area contributed by atoms with E-state index in [1.165, 1.54) is 16.7 Å². The van der Waals surface area contributed by atoms with Crippen molar-refractivity contribution in [1.82, 2.24) is 10.3 Å². The van der Waals surface area contributed by atoms with Crippen LogP contribution in [0.15, 0.2) is 36.5 Å². The van der Waals surface area contributed by atoms with Crippen LogP contribution in [0.1, 0.15) is 35.3 Å². The summed E-state index contributed by atoms with van der Waals surface area (Å²) in [6.07, 6.45) is 2.86. The molecule has 2 aromatic rings. The Hall–Kier alpha value is -1.87. The summed E-state index contributed by atoms with van der Waals surface area (Å²) in [5.74, 6) is 1.04. The van der Waals surface area contributed by atoms with Gasteiger partial charge in [0.2, 0.25) is 0 Å². The summed E-state index contributed by atoms with van der Waals surface area (Å²) < 4.78 is 5.85. The van der Waals surface area contributed by atoms with Gasteiger partial charge in [0.1, 0.15) is 5.75 Å². The molecule has 0 bridgehead atoms. The summed E-state index contributed by atoms with van der Waals surface area (Å²) in [6, 6.07) is 10.6. The van der Waals surface area contributed by atoms with E-state index in [4.69, 9.17) is 4.74 Å². The lowest BCUT2D eigenvalue weighted by molar-refractivity contribution is 0.350. The highest BCUT2D eigenvalue weighted by Crippen LogP contribution is 2.36. The molecule has 104 valence electrons. The third-order valence-electron chi connectivity index (χ3n) is 3.79. The van der Waals surface area contributed by atoms with Gasteiger partial charge in [-0.1, -0.05) is 31.2 Å². The molecule has 3 rings (SSSR count). The van der Waals surface area contributed by atoms with Crippen LogP contribution in [0.3, 0.4) is 0 Å². The standard InChI is InChI=1S/C17H20N2O/c1-3-18-16(15-12(2)6-5-10-19-15)14-8-4-7-13-9-11-20-17(13)14/h4-8,10,16,18H,3,9,11H2,1-2H3. The molecule has 0 radical (unpaired) electrons. The van der Waals surface area contributed by atoms with Crippen LogP contribution in [0.25, 0.3) is 0 Å². The van der Waals surface area contributed by atoms with Gasteiger partial charge >= 0.3 is 0 Å². The molecular weight excluding hydrogens is 248 g/mol. The minimum absolute atomic E-state index is 0.0919. The monoisotopic (exact) mass is 268 g/mol. The van der Waals surface area contributed by atoms with Crippen LogP contribution in [-0.4, -0.2) is 18.1 Å². The summed E-state index contributed by atoms with van der Waals surface area (Å²) in [4.78, 5) is 4.58. The molecule has 20 heavy (non-hydrogen) atoms. The lowest BCUT2D eigenvalue weighted by Gasteiger charge is -2.21. The zero-order valence-electron chi connectivity index (χ0n) is 12.0. The number of nitrogens with one attached hydrogen (secondary N) is 1. The summed E-state index contributed by atoms with van der Waals surface area (Å²) in [5.41, 5.74) is 4.79. The maximum absolute atomic E-state index is 5.85. The Labute approximate surface area is 120 Å². The number of aromatic nitrogens is 1. The summed E-state index contributed by atoms with van der Waals surface area (Å²) in [6.45, 7) is 5.91. The number of benzene rings is 1. The molecule has 0 aliphatic carbocycles. The highest BCUT2D eigenvalue weighted by Gasteiger charge is 2.24. The predicted molar refractivity (Wildman–Crippen MR) is 80.1 cm³/mol. The fourth-order valence-electron chi connectivity index (χ4n) is 2.83. The Morgan fingerprint density at radius 1 is 1.30 bits per heavy atom. The van der Waals surface area contributed by atoms with Crippen LogP contribution < -0.4 is 10.1 Å². The van der Waals surface area contributed by atoms with E-state index in [1.54, 1.807) is 0 Å². The maximum Gasteiger partial charge on any atom is 0.127 e. The van der Waals surface area contributed by atoms with E-state index in [0.717, 1.165) is 31.0 Å². The summed E-state index contributed by atoms with van der Waals surface area (Å²) in [7, 11) is 0. The van der Waals surface area contributed by atoms with E-state index in [-0.39, 0.29) is 6.04 Å². The van der Waals surface area contributed by atoms with Crippen molar-refractivity contribution in [2.24, 2.45) is 0 Å². The number of para-hydroxylation sites is 1. The molecular formula is C17H20N2O. The quantitative estimate of drug-likeness (QED) is 0.925. The van der Waals surface area contributed by atoms with Gasteiger partial charge in [-0.05, 0) is 30.7 Å². The average molecular weight is 268 g/mol. The minimum Gasteiger partial charge on any atom is -0.493 e. The van der Waals surface area contributed by atoms with Crippen molar-refractivity contribution >= 4 is 0 Å². The number of aryl methyl sites for hydroxylation is 1. The topological polar surface area (TPSA) is 34.1 Å². The second-order valence-electron chi connectivity index (χ2n) is 5.13. The van der Waals surface area contributed by atoms with Crippen molar-refractivity contribution in [3.8, 4) is 5.75 Å². The lowest BCUT2D eigenvalue weighted by Crippen LogP contribution is -2.24. The second kappa shape index (κ2) is 5.63. The first-order valence-corrected chi connectivity index (χ1v) is 7.20. The molecule has 2 heterocycles. The van der Waals surface area contributed by atoms with Gasteiger partial charge in [0, 0.05) is 18.2 Å². The molecule has 0 amide bonds. The molecule has 1 unspecified atom stereocenters. The molecule has 1 N–H and O–H groups in total. The van der Waals surface area contributed by atoms with Gasteiger partial charge in [0.25, 0.3) is 0 Å². The zero-order valence-corrected chi connectivity index (χ0v) is 12.0. The van der Waals surface area contributed by atoms with E-state index in [1.807, 2.05) is 12.3 Å². The van der Waals surface area contributed by atoms with Crippen LogP contribution in [0.5, 0.6) is 5.75 Å². The van der Waals surface area contributed by atoms with E-state index in [0.29, 0.717) is 0 Å². The first-order valence-electron chi connectivity index (χ1n) is 7.20. The number of rotatable bonds is 4. The lowest BCUT2D eigenvalue weighted by atomic mass is 9.97. The highest BCUT2D eigenvalue weighted by atomic mass is 16.5. The first kappa shape index (κ1) is 13.1. The van der Waals surface area contributed by atoms with Crippen molar-refractivity contribution in [1.29, 1.82) is 0 Å². The normalized spacial score (nSPS) is 14.7. The SMILES string of the molecule is CCNC(c1cccc2c1OCC2)c1ncccc1C. The number of pyridine rings is 1. The molecule has 1 atom stereocenters. The molecule has 1 aliphatic heterocycles. The van der Waals surface area contributed by atoms with E-state index >= 15 is 0 Å². The summed E-state index contributed by atoms with van der Waals surface area (Å²) >= 11 is 0. The molecule has 1 aromatic heterocycles. The van der Waals surface area contributed by atoms with Crippen LogP contribution in [0, 0.1) is 6.92 Å². The number of hydrogen-bond donors (Lipinski definition) is 1. The van der Waals surface area contributed by atoms with Crippen molar-refractivity contribution in [2.75, 3.05) is 13.2 Å². The second-order valence-corrected chi connectivity index (χ2v) is 5.13. The molecule has 1 aliphatic rings. The molecule has 0 spiro atoms. The Kier molecular flexibility index (Phi) is 3.70. The fourth-order valence-corrected chi connectivity index (χ4v) is 2.83. The van der Waals surface area contributed by atoms with E-state index < -0.39 is 0 Å². The average Bonchev–Trinajstić information content (AvgIpc) is 2.94. The Morgan fingerprint density at radius 3 is 3.00 bits per heavy atom. The molecule has 1 aromatic carbocycles. The third kappa shape index (κ3) is 2.29.